The van der Waals surface area contributed by atoms with Crippen molar-refractivity contribution in [3.8, 4) is 0 Å². The lowest BCUT2D eigenvalue weighted by molar-refractivity contribution is -0.123. The van der Waals surface area contributed by atoms with Crippen molar-refractivity contribution >= 4 is 17.6 Å². The number of esters is 1. The molecule has 0 aliphatic heterocycles. The molecule has 0 spiro atoms. The van der Waals surface area contributed by atoms with Crippen LogP contribution in [0.25, 0.3) is 0 Å². The molecule has 0 unspecified atom stereocenters. The van der Waals surface area contributed by atoms with E-state index in [9.17, 15) is 18.4 Å². The van der Waals surface area contributed by atoms with Crippen molar-refractivity contribution < 1.29 is 23.1 Å². The normalized spacial score (nSPS) is 11.9. The van der Waals surface area contributed by atoms with Crippen LogP contribution in [0.1, 0.15) is 42.6 Å². The first kappa shape index (κ1) is 18.6. The van der Waals surface area contributed by atoms with Gasteiger partial charge >= 0.3 is 5.97 Å². The Bertz CT molecular complexity index is 770. The number of carbonyl (C=O) groups excluding carboxylic acids is 2. The molecule has 1 atom stereocenters. The SMILES string of the molecule is CC(C)c1ccccc1NC(=O)[C@H](C)OC(=O)c1cc(F)cc(F)c1. The van der Waals surface area contributed by atoms with Gasteiger partial charge in [-0.1, -0.05) is 32.0 Å². The van der Waals surface area contributed by atoms with Gasteiger partial charge in [0.2, 0.25) is 0 Å². The van der Waals surface area contributed by atoms with Gasteiger partial charge in [0, 0.05) is 11.8 Å². The summed E-state index contributed by atoms with van der Waals surface area (Å²) in [5.41, 5.74) is 1.28. The molecular weight excluding hydrogens is 328 g/mol. The summed E-state index contributed by atoms with van der Waals surface area (Å²) in [6.07, 6.45) is -1.13. The molecule has 2 aromatic carbocycles. The fraction of sp³-hybridized carbons (Fsp3) is 0.263. The molecule has 2 aromatic rings. The lowest BCUT2D eigenvalue weighted by Gasteiger charge is -2.17. The third-order valence-corrected chi connectivity index (χ3v) is 3.59. The molecular formula is C19H19F2NO3. The maximum atomic E-state index is 13.2. The van der Waals surface area contributed by atoms with E-state index < -0.39 is 29.6 Å². The van der Waals surface area contributed by atoms with Gasteiger partial charge in [-0.15, -0.1) is 0 Å². The van der Waals surface area contributed by atoms with Crippen molar-refractivity contribution in [1.29, 1.82) is 0 Å². The van der Waals surface area contributed by atoms with E-state index in [0.29, 0.717) is 11.8 Å². The van der Waals surface area contributed by atoms with Crippen molar-refractivity contribution in [2.45, 2.75) is 32.8 Å². The first-order chi connectivity index (χ1) is 11.8. The van der Waals surface area contributed by atoms with Crippen LogP contribution in [0.5, 0.6) is 0 Å². The zero-order valence-electron chi connectivity index (χ0n) is 14.2. The number of benzene rings is 2. The van der Waals surface area contributed by atoms with Crippen molar-refractivity contribution in [2.75, 3.05) is 5.32 Å². The summed E-state index contributed by atoms with van der Waals surface area (Å²) in [6.45, 7) is 5.38. The van der Waals surface area contributed by atoms with E-state index in [1.807, 2.05) is 26.0 Å². The molecule has 0 radical (unpaired) electrons. The Morgan fingerprint density at radius 3 is 2.20 bits per heavy atom. The summed E-state index contributed by atoms with van der Waals surface area (Å²) in [6, 6.07) is 9.65. The second kappa shape index (κ2) is 7.88. The molecule has 25 heavy (non-hydrogen) atoms. The van der Waals surface area contributed by atoms with E-state index in [2.05, 4.69) is 5.32 Å². The maximum Gasteiger partial charge on any atom is 0.339 e. The van der Waals surface area contributed by atoms with E-state index in [1.54, 1.807) is 12.1 Å². The monoisotopic (exact) mass is 347 g/mol. The second-order valence-corrected chi connectivity index (χ2v) is 5.94. The standard InChI is InChI=1S/C19H19F2NO3/c1-11(2)16-6-4-5-7-17(16)22-18(23)12(3)25-19(24)13-8-14(20)10-15(21)9-13/h4-12H,1-3H3,(H,22,23)/t12-/m0/s1. The second-order valence-electron chi connectivity index (χ2n) is 5.94. The Balaban J connectivity index is 2.07. The average molecular weight is 347 g/mol. The van der Waals surface area contributed by atoms with E-state index >= 15 is 0 Å². The summed E-state index contributed by atoms with van der Waals surface area (Å²) in [4.78, 5) is 24.2. The summed E-state index contributed by atoms with van der Waals surface area (Å²) in [5.74, 6) is -3.09. The van der Waals surface area contributed by atoms with Gasteiger partial charge in [-0.05, 0) is 36.6 Å². The number of para-hydroxylation sites is 1. The molecule has 6 heteroatoms. The molecule has 0 bridgehead atoms. The van der Waals surface area contributed by atoms with Crippen LogP contribution in [0.3, 0.4) is 0 Å². The quantitative estimate of drug-likeness (QED) is 0.822. The van der Waals surface area contributed by atoms with Crippen molar-refractivity contribution in [1.82, 2.24) is 0 Å². The van der Waals surface area contributed by atoms with E-state index in [0.717, 1.165) is 17.7 Å². The molecule has 0 saturated heterocycles. The Hall–Kier alpha value is -2.76. The van der Waals surface area contributed by atoms with Crippen LogP contribution in [0, 0.1) is 11.6 Å². The number of hydrogen-bond donors (Lipinski definition) is 1. The first-order valence-corrected chi connectivity index (χ1v) is 7.84. The minimum absolute atomic E-state index is 0.199. The molecule has 0 saturated carbocycles. The van der Waals surface area contributed by atoms with Gasteiger partial charge in [0.05, 0.1) is 5.56 Å². The molecule has 1 N–H and O–H groups in total. The predicted octanol–water partition coefficient (Wildman–Crippen LogP) is 4.27. The molecule has 0 aliphatic rings. The van der Waals surface area contributed by atoms with Crippen LogP contribution in [-0.4, -0.2) is 18.0 Å². The van der Waals surface area contributed by atoms with Gasteiger partial charge in [0.15, 0.2) is 6.10 Å². The minimum Gasteiger partial charge on any atom is -0.449 e. The van der Waals surface area contributed by atoms with Crippen molar-refractivity contribution in [3.63, 3.8) is 0 Å². The highest BCUT2D eigenvalue weighted by molar-refractivity contribution is 5.97. The van der Waals surface area contributed by atoms with Crippen LogP contribution < -0.4 is 5.32 Å². The van der Waals surface area contributed by atoms with Crippen molar-refractivity contribution in [3.05, 3.63) is 65.2 Å². The van der Waals surface area contributed by atoms with Gasteiger partial charge in [-0.2, -0.15) is 0 Å². The Labute approximate surface area is 144 Å². The number of rotatable bonds is 5. The maximum absolute atomic E-state index is 13.2. The Kier molecular flexibility index (Phi) is 5.85. The average Bonchev–Trinajstić information content (AvgIpc) is 2.54. The van der Waals surface area contributed by atoms with E-state index in [1.165, 1.54) is 6.92 Å². The molecule has 0 fully saturated rings. The third kappa shape index (κ3) is 4.86. The summed E-state index contributed by atoms with van der Waals surface area (Å²) < 4.78 is 31.3. The summed E-state index contributed by atoms with van der Waals surface area (Å²) in [7, 11) is 0. The molecule has 2 rings (SSSR count). The van der Waals surface area contributed by atoms with E-state index in [4.69, 9.17) is 4.74 Å². The molecule has 132 valence electrons. The molecule has 4 nitrogen and oxygen atoms in total. The highest BCUT2D eigenvalue weighted by Gasteiger charge is 2.21. The fourth-order valence-electron chi connectivity index (χ4n) is 2.30. The van der Waals surface area contributed by atoms with Gasteiger partial charge < -0.3 is 10.1 Å². The highest BCUT2D eigenvalue weighted by Crippen LogP contribution is 2.24. The van der Waals surface area contributed by atoms with Crippen LogP contribution >= 0.6 is 0 Å². The first-order valence-electron chi connectivity index (χ1n) is 7.84. The minimum atomic E-state index is -1.13. The Morgan fingerprint density at radius 2 is 1.60 bits per heavy atom. The van der Waals surface area contributed by atoms with Gasteiger partial charge in [-0.25, -0.2) is 13.6 Å². The van der Waals surface area contributed by atoms with Crippen LogP contribution in [0.2, 0.25) is 0 Å². The largest absolute Gasteiger partial charge is 0.449 e. The van der Waals surface area contributed by atoms with Crippen LogP contribution in [0.4, 0.5) is 14.5 Å². The lowest BCUT2D eigenvalue weighted by Crippen LogP contribution is -2.30. The van der Waals surface area contributed by atoms with Gasteiger partial charge in [-0.3, -0.25) is 4.79 Å². The summed E-state index contributed by atoms with van der Waals surface area (Å²) in [5, 5.41) is 2.71. The van der Waals surface area contributed by atoms with Gasteiger partial charge in [0.25, 0.3) is 5.91 Å². The zero-order valence-corrected chi connectivity index (χ0v) is 14.2. The van der Waals surface area contributed by atoms with E-state index in [-0.39, 0.29) is 11.5 Å². The fourth-order valence-corrected chi connectivity index (χ4v) is 2.30. The molecule has 0 aromatic heterocycles. The lowest BCUT2D eigenvalue weighted by atomic mass is 10.0. The topological polar surface area (TPSA) is 55.4 Å². The zero-order chi connectivity index (χ0) is 18.6. The van der Waals surface area contributed by atoms with Crippen LogP contribution in [-0.2, 0) is 9.53 Å². The molecule has 0 aliphatic carbocycles. The Morgan fingerprint density at radius 1 is 1.00 bits per heavy atom. The number of hydrogen-bond acceptors (Lipinski definition) is 3. The molecule has 1 amide bonds. The number of amides is 1. The molecule has 0 heterocycles. The predicted molar refractivity (Wildman–Crippen MR) is 90.4 cm³/mol. The van der Waals surface area contributed by atoms with Crippen LogP contribution in [0.15, 0.2) is 42.5 Å². The number of nitrogens with one attached hydrogen (secondary N) is 1. The highest BCUT2D eigenvalue weighted by atomic mass is 19.1. The number of ether oxygens (including phenoxy) is 1. The third-order valence-electron chi connectivity index (χ3n) is 3.59. The summed E-state index contributed by atoms with van der Waals surface area (Å²) >= 11 is 0. The smallest absolute Gasteiger partial charge is 0.339 e. The number of anilines is 1. The number of carbonyl (C=O) groups is 2. The van der Waals surface area contributed by atoms with Gasteiger partial charge in [0.1, 0.15) is 11.6 Å². The number of halogens is 2. The van der Waals surface area contributed by atoms with Crippen molar-refractivity contribution in [2.24, 2.45) is 0 Å².